The summed E-state index contributed by atoms with van der Waals surface area (Å²) in [6.07, 6.45) is 3.09. The van der Waals surface area contributed by atoms with E-state index in [0.717, 1.165) is 36.1 Å². The number of hydrogen-bond donors (Lipinski definition) is 1. The maximum atomic E-state index is 9.21. The Hall–Kier alpha value is 0.734. The number of hydrogen-bond acceptors (Lipinski definition) is 2. The first-order chi connectivity index (χ1) is 3.71. The molecule has 0 spiro atoms. The Labute approximate surface area is 70.6 Å². The van der Waals surface area contributed by atoms with Gasteiger partial charge in [-0.05, 0) is 19.3 Å². The third-order valence-electron chi connectivity index (χ3n) is 1.45. The molecule has 9 heavy (non-hydrogen) atoms. The molecule has 0 bridgehead atoms. The van der Waals surface area contributed by atoms with Crippen molar-refractivity contribution in [2.45, 2.75) is 24.7 Å². The fraction of sp³-hybridized carbons (Fsp3) is 1.00. The van der Waals surface area contributed by atoms with Crippen LogP contribution in [0.4, 0.5) is 0 Å². The van der Waals surface area contributed by atoms with Crippen molar-refractivity contribution in [3.63, 3.8) is 0 Å². The van der Waals surface area contributed by atoms with Gasteiger partial charge in [0.15, 0.2) is 0 Å². The van der Waals surface area contributed by atoms with Crippen LogP contribution in [0.25, 0.3) is 0 Å². The van der Waals surface area contributed by atoms with Crippen LogP contribution in [0.2, 0.25) is 0 Å². The van der Waals surface area contributed by atoms with Crippen molar-refractivity contribution >= 4 is 29.1 Å². The fourth-order valence-electron chi connectivity index (χ4n) is 0.919. The molecule has 1 fully saturated rings. The van der Waals surface area contributed by atoms with E-state index in [1.54, 1.807) is 0 Å². The van der Waals surface area contributed by atoms with Gasteiger partial charge in [0.1, 0.15) is 5.41 Å². The van der Waals surface area contributed by atoms with Gasteiger partial charge >= 0.3 is 18.9 Å². The third kappa shape index (κ3) is 3.44. The average Bonchev–Trinajstić information content (AvgIpc) is 1.65. The minimum absolute atomic E-state index is 0. The van der Waals surface area contributed by atoms with Crippen LogP contribution in [-0.4, -0.2) is 46.2 Å². The molecule has 1 rings (SSSR count). The Morgan fingerprint density at radius 2 is 2.11 bits per heavy atom. The van der Waals surface area contributed by atoms with Crippen molar-refractivity contribution in [1.82, 2.24) is 0 Å². The van der Waals surface area contributed by atoms with Crippen LogP contribution >= 0.6 is 0 Å². The molecule has 1 atom stereocenters. The number of rotatable bonds is 0. The van der Waals surface area contributed by atoms with Crippen molar-refractivity contribution in [2.75, 3.05) is 6.61 Å². The summed E-state index contributed by atoms with van der Waals surface area (Å²) in [5, 5.41) is 9.21. The first-order valence-corrected chi connectivity index (χ1v) is 4.07. The first kappa shape index (κ1) is 9.73. The molecule has 1 heterocycles. The molecule has 2 nitrogen and oxygen atoms in total. The fourth-order valence-corrected chi connectivity index (χ4v) is 1.48. The van der Waals surface area contributed by atoms with Gasteiger partial charge in [0, 0.05) is 6.61 Å². The molecule has 0 amide bonds. The van der Waals surface area contributed by atoms with Crippen LogP contribution in [0.3, 0.4) is 0 Å². The summed E-state index contributed by atoms with van der Waals surface area (Å²) in [7, 11) is 0.743. The molecule has 0 aliphatic carbocycles. The van der Waals surface area contributed by atoms with Gasteiger partial charge in [0.05, 0.1) is 10.2 Å². The normalized spacial score (nSPS) is 35.7. The van der Waals surface area contributed by atoms with Gasteiger partial charge in [-0.25, -0.2) is 0 Å². The van der Waals surface area contributed by atoms with Crippen LogP contribution in [0.5, 0.6) is 0 Å². The zero-order valence-electron chi connectivity index (χ0n) is 5.18. The van der Waals surface area contributed by atoms with Crippen molar-refractivity contribution < 1.29 is 9.84 Å². The number of ether oxygens (including phenoxy) is 1. The van der Waals surface area contributed by atoms with E-state index in [2.05, 4.69) is 0 Å². The van der Waals surface area contributed by atoms with Crippen LogP contribution < -0.4 is 0 Å². The molecule has 0 aromatic rings. The quantitative estimate of drug-likeness (QED) is 0.417. The Morgan fingerprint density at radius 1 is 1.44 bits per heavy atom. The predicted molar refractivity (Wildman–Crippen MR) is 41.8 cm³/mol. The van der Waals surface area contributed by atoms with E-state index in [1.165, 1.54) is 0 Å². The standard InChI is InChI=1S/C5H12O2Si.Li.H/c6-5(8)3-1-2-4-7-5;;/h6H,1-4H2,8H3;;. The monoisotopic (exact) mass is 140 g/mol. The summed E-state index contributed by atoms with van der Waals surface area (Å²) in [5.41, 5.74) is -0.682. The number of aliphatic hydroxyl groups is 1. The molecule has 1 aliphatic rings. The Balaban J connectivity index is 0.000000640. The zero-order valence-corrected chi connectivity index (χ0v) is 7.18. The molecule has 0 saturated carbocycles. The van der Waals surface area contributed by atoms with Gasteiger partial charge in [0.2, 0.25) is 0 Å². The molecule has 1 saturated heterocycles. The van der Waals surface area contributed by atoms with Gasteiger partial charge < -0.3 is 9.84 Å². The molecular weight excluding hydrogens is 127 g/mol. The van der Waals surface area contributed by atoms with E-state index >= 15 is 0 Å². The summed E-state index contributed by atoms with van der Waals surface area (Å²) in [4.78, 5) is 0. The molecule has 1 N–H and O–H groups in total. The van der Waals surface area contributed by atoms with E-state index in [0.29, 0.717) is 0 Å². The van der Waals surface area contributed by atoms with Crippen molar-refractivity contribution in [3.8, 4) is 0 Å². The van der Waals surface area contributed by atoms with Gasteiger partial charge in [-0.3, -0.25) is 0 Å². The molecule has 0 aromatic carbocycles. The summed E-state index contributed by atoms with van der Waals surface area (Å²) in [6.45, 7) is 0.750. The van der Waals surface area contributed by atoms with Crippen LogP contribution in [0, 0.1) is 0 Å². The van der Waals surface area contributed by atoms with Crippen LogP contribution in [0.15, 0.2) is 0 Å². The maximum absolute atomic E-state index is 9.21. The SMILES string of the molecule is OC1([SiH3])CCCCO1.[LiH]. The molecule has 1 aliphatic heterocycles. The second kappa shape index (κ2) is 3.79. The summed E-state index contributed by atoms with van der Waals surface area (Å²) in [6, 6.07) is 0. The molecule has 0 radical (unpaired) electrons. The third-order valence-corrected chi connectivity index (χ3v) is 2.24. The van der Waals surface area contributed by atoms with E-state index in [1.807, 2.05) is 0 Å². The summed E-state index contributed by atoms with van der Waals surface area (Å²) in [5.74, 6) is 0. The molecule has 4 heteroatoms. The van der Waals surface area contributed by atoms with Crippen molar-refractivity contribution in [1.29, 1.82) is 0 Å². The molecule has 0 aromatic heterocycles. The summed E-state index contributed by atoms with van der Waals surface area (Å²) >= 11 is 0. The van der Waals surface area contributed by atoms with Crippen LogP contribution in [0.1, 0.15) is 19.3 Å². The van der Waals surface area contributed by atoms with Gasteiger partial charge in [-0.1, -0.05) is 0 Å². The van der Waals surface area contributed by atoms with E-state index in [4.69, 9.17) is 4.74 Å². The Kier molecular flexibility index (Phi) is 4.10. The van der Waals surface area contributed by atoms with Crippen LogP contribution in [-0.2, 0) is 4.74 Å². The first-order valence-electron chi connectivity index (χ1n) is 3.07. The Morgan fingerprint density at radius 3 is 2.33 bits per heavy atom. The van der Waals surface area contributed by atoms with E-state index < -0.39 is 5.41 Å². The molecule has 1 unspecified atom stereocenters. The van der Waals surface area contributed by atoms with E-state index in [-0.39, 0.29) is 18.9 Å². The molecule has 50 valence electrons. The van der Waals surface area contributed by atoms with Crippen molar-refractivity contribution in [2.24, 2.45) is 0 Å². The zero-order chi connectivity index (χ0) is 6.04. The van der Waals surface area contributed by atoms with Gasteiger partial charge in [-0.2, -0.15) is 0 Å². The minimum atomic E-state index is -0.682. The summed E-state index contributed by atoms with van der Waals surface area (Å²) < 4.78 is 5.08. The predicted octanol–water partition coefficient (Wildman–Crippen LogP) is -1.45. The average molecular weight is 140 g/mol. The second-order valence-corrected chi connectivity index (χ2v) is 4.04. The van der Waals surface area contributed by atoms with Gasteiger partial charge in [0.25, 0.3) is 0 Å². The second-order valence-electron chi connectivity index (χ2n) is 2.48. The van der Waals surface area contributed by atoms with Gasteiger partial charge in [-0.15, -0.1) is 0 Å². The van der Waals surface area contributed by atoms with E-state index in [9.17, 15) is 5.11 Å². The topological polar surface area (TPSA) is 29.5 Å². The van der Waals surface area contributed by atoms with Crippen molar-refractivity contribution in [3.05, 3.63) is 0 Å². The Bertz CT molecular complexity index is 79.0. The molecular formula is C5H13LiO2Si.